The van der Waals surface area contributed by atoms with Gasteiger partial charge in [0.05, 0.1) is 16.6 Å². The lowest BCUT2D eigenvalue weighted by Gasteiger charge is -2.16. The molecule has 0 bridgehead atoms. The van der Waals surface area contributed by atoms with E-state index < -0.39 is 16.0 Å². The summed E-state index contributed by atoms with van der Waals surface area (Å²) in [5, 5.41) is 11.1. The monoisotopic (exact) mass is 318 g/mol. The molecule has 22 heavy (non-hydrogen) atoms. The molecule has 6 heteroatoms. The first-order chi connectivity index (χ1) is 10.2. The number of carbonyl (C=O) groups excluding carboxylic acids is 1. The molecule has 0 amide bonds. The van der Waals surface area contributed by atoms with E-state index in [0.717, 1.165) is 5.56 Å². The number of hydrogen-bond acceptors (Lipinski definition) is 4. The van der Waals surface area contributed by atoms with E-state index in [-0.39, 0.29) is 16.1 Å². The van der Waals surface area contributed by atoms with Gasteiger partial charge in [-0.1, -0.05) is 35.9 Å². The maximum atomic E-state index is 12.6. The number of carboxylic acid groups (broad SMARTS) is 1. The highest BCUT2D eigenvalue weighted by Gasteiger charge is 2.21. The Morgan fingerprint density at radius 2 is 1.59 bits per heavy atom. The molecule has 0 aliphatic rings. The van der Waals surface area contributed by atoms with Crippen molar-refractivity contribution >= 4 is 21.7 Å². The summed E-state index contributed by atoms with van der Waals surface area (Å²) in [7, 11) is -3.89. The van der Waals surface area contributed by atoms with Crippen molar-refractivity contribution in [2.24, 2.45) is 0 Å². The molecule has 0 fully saturated rings. The highest BCUT2D eigenvalue weighted by molar-refractivity contribution is 7.92. The van der Waals surface area contributed by atoms with E-state index in [0.29, 0.717) is 11.1 Å². The zero-order valence-corrected chi connectivity index (χ0v) is 13.3. The van der Waals surface area contributed by atoms with Crippen molar-refractivity contribution in [3.63, 3.8) is 0 Å². The Bertz CT molecular complexity index is 818. The first kappa shape index (κ1) is 16.0. The zero-order valence-electron chi connectivity index (χ0n) is 12.5. The molecular weight excluding hydrogens is 302 g/mol. The predicted octanol–water partition coefficient (Wildman–Crippen LogP) is 1.78. The van der Waals surface area contributed by atoms with Gasteiger partial charge in [-0.15, -0.1) is 0 Å². The van der Waals surface area contributed by atoms with Gasteiger partial charge in [0.1, 0.15) is 0 Å². The van der Waals surface area contributed by atoms with Crippen LogP contribution in [0.4, 0.5) is 5.69 Å². The van der Waals surface area contributed by atoms with E-state index in [1.807, 2.05) is 6.92 Å². The van der Waals surface area contributed by atoms with Gasteiger partial charge in [-0.05, 0) is 38.0 Å². The number of hydrogen-bond donors (Lipinski definition) is 1. The van der Waals surface area contributed by atoms with Gasteiger partial charge in [0, 0.05) is 5.56 Å². The van der Waals surface area contributed by atoms with Crippen LogP contribution in [0, 0.1) is 20.8 Å². The van der Waals surface area contributed by atoms with Crippen LogP contribution >= 0.6 is 0 Å². The molecular formula is C16H16NO4S-. The Kier molecular flexibility index (Phi) is 4.23. The SMILES string of the molecule is Cc1cc(C)c(S(=O)(=O)Nc2ccccc2C(=O)[O-])c(C)c1. The molecule has 116 valence electrons. The number of carbonyl (C=O) groups is 1. The first-order valence-corrected chi connectivity index (χ1v) is 8.12. The third kappa shape index (κ3) is 3.12. The van der Waals surface area contributed by atoms with E-state index in [2.05, 4.69) is 4.72 Å². The van der Waals surface area contributed by atoms with Crippen LogP contribution in [-0.4, -0.2) is 14.4 Å². The predicted molar refractivity (Wildman–Crippen MR) is 82.2 cm³/mol. The van der Waals surface area contributed by atoms with E-state index in [1.54, 1.807) is 32.0 Å². The van der Waals surface area contributed by atoms with Gasteiger partial charge in [-0.3, -0.25) is 4.72 Å². The summed E-state index contributed by atoms with van der Waals surface area (Å²) in [5.41, 5.74) is 1.96. The summed E-state index contributed by atoms with van der Waals surface area (Å²) in [6.07, 6.45) is 0. The van der Waals surface area contributed by atoms with Gasteiger partial charge in [0.15, 0.2) is 0 Å². The molecule has 0 aliphatic heterocycles. The molecule has 2 aromatic carbocycles. The second kappa shape index (κ2) is 5.81. The molecule has 0 heterocycles. The second-order valence-corrected chi connectivity index (χ2v) is 6.79. The van der Waals surface area contributed by atoms with Gasteiger partial charge >= 0.3 is 0 Å². The number of carboxylic acids is 1. The fourth-order valence-electron chi connectivity index (χ4n) is 2.54. The van der Waals surface area contributed by atoms with Gasteiger partial charge in [-0.2, -0.15) is 0 Å². The van der Waals surface area contributed by atoms with Crippen molar-refractivity contribution in [2.45, 2.75) is 25.7 Å². The van der Waals surface area contributed by atoms with Crippen molar-refractivity contribution in [2.75, 3.05) is 4.72 Å². The van der Waals surface area contributed by atoms with E-state index >= 15 is 0 Å². The summed E-state index contributed by atoms with van der Waals surface area (Å²) in [5.74, 6) is -1.43. The summed E-state index contributed by atoms with van der Waals surface area (Å²) in [4.78, 5) is 11.2. The maximum Gasteiger partial charge on any atom is 0.262 e. The Hall–Kier alpha value is -2.34. The van der Waals surface area contributed by atoms with Crippen molar-refractivity contribution in [3.05, 3.63) is 58.7 Å². The largest absolute Gasteiger partial charge is 0.545 e. The minimum Gasteiger partial charge on any atom is -0.545 e. The highest BCUT2D eigenvalue weighted by Crippen LogP contribution is 2.25. The minimum atomic E-state index is -3.89. The summed E-state index contributed by atoms with van der Waals surface area (Å²) < 4.78 is 27.5. The van der Waals surface area contributed by atoms with Gasteiger partial charge in [-0.25, -0.2) is 8.42 Å². The van der Waals surface area contributed by atoms with Crippen LogP contribution in [0.15, 0.2) is 41.3 Å². The molecule has 0 saturated carbocycles. The number of aromatic carboxylic acids is 1. The second-order valence-electron chi connectivity index (χ2n) is 5.17. The standard InChI is InChI=1S/C16H17NO4S/c1-10-8-11(2)15(12(3)9-10)22(20,21)17-14-7-5-4-6-13(14)16(18)19/h4-9,17H,1-3H3,(H,18,19)/p-1. The van der Waals surface area contributed by atoms with Crippen LogP contribution in [-0.2, 0) is 10.0 Å². The van der Waals surface area contributed by atoms with Crippen molar-refractivity contribution < 1.29 is 18.3 Å². The fourth-order valence-corrected chi connectivity index (χ4v) is 4.07. The Morgan fingerprint density at radius 3 is 2.14 bits per heavy atom. The number of benzene rings is 2. The lowest BCUT2D eigenvalue weighted by Crippen LogP contribution is -2.25. The topological polar surface area (TPSA) is 86.3 Å². The number of nitrogens with one attached hydrogen (secondary N) is 1. The lowest BCUT2D eigenvalue weighted by atomic mass is 10.1. The van der Waals surface area contributed by atoms with Gasteiger partial charge in [0.2, 0.25) is 0 Å². The Morgan fingerprint density at radius 1 is 1.05 bits per heavy atom. The minimum absolute atomic E-state index is 0.0122. The zero-order chi connectivity index (χ0) is 16.5. The van der Waals surface area contributed by atoms with Crippen LogP contribution in [0.2, 0.25) is 0 Å². The first-order valence-electron chi connectivity index (χ1n) is 6.63. The van der Waals surface area contributed by atoms with Crippen molar-refractivity contribution in [3.8, 4) is 0 Å². The van der Waals surface area contributed by atoms with Gasteiger partial charge in [0.25, 0.3) is 10.0 Å². The maximum absolute atomic E-state index is 12.6. The summed E-state index contributed by atoms with van der Waals surface area (Å²) in [6, 6.07) is 9.28. The molecule has 2 aromatic rings. The summed E-state index contributed by atoms with van der Waals surface area (Å²) in [6.45, 7) is 5.30. The van der Waals surface area contributed by atoms with Gasteiger partial charge < -0.3 is 9.90 Å². The molecule has 0 aliphatic carbocycles. The highest BCUT2D eigenvalue weighted by atomic mass is 32.2. The van der Waals surface area contributed by atoms with E-state index in [1.165, 1.54) is 18.2 Å². The Labute approximate surface area is 129 Å². The molecule has 0 radical (unpaired) electrons. The Balaban J connectivity index is 2.53. The number of aryl methyl sites for hydroxylation is 3. The third-order valence-electron chi connectivity index (χ3n) is 3.26. The van der Waals surface area contributed by atoms with Crippen LogP contribution in [0.3, 0.4) is 0 Å². The van der Waals surface area contributed by atoms with E-state index in [4.69, 9.17) is 0 Å². The smallest absolute Gasteiger partial charge is 0.262 e. The molecule has 0 saturated heterocycles. The van der Waals surface area contributed by atoms with Crippen LogP contribution in [0.1, 0.15) is 27.0 Å². The summed E-state index contributed by atoms with van der Waals surface area (Å²) >= 11 is 0. The normalized spacial score (nSPS) is 11.2. The number of anilines is 1. The molecule has 0 spiro atoms. The van der Waals surface area contributed by atoms with Crippen molar-refractivity contribution in [1.82, 2.24) is 0 Å². The van der Waals surface area contributed by atoms with Crippen molar-refractivity contribution in [1.29, 1.82) is 0 Å². The number of sulfonamides is 1. The molecule has 0 unspecified atom stereocenters. The molecule has 2 rings (SSSR count). The molecule has 0 atom stereocenters. The molecule has 1 N–H and O–H groups in total. The molecule has 5 nitrogen and oxygen atoms in total. The average molecular weight is 318 g/mol. The number of para-hydroxylation sites is 1. The van der Waals surface area contributed by atoms with Crippen LogP contribution in [0.25, 0.3) is 0 Å². The quantitative estimate of drug-likeness (QED) is 0.931. The fraction of sp³-hybridized carbons (Fsp3) is 0.188. The average Bonchev–Trinajstić information content (AvgIpc) is 2.36. The lowest BCUT2D eigenvalue weighted by molar-refractivity contribution is -0.254. The van der Waals surface area contributed by atoms with E-state index in [9.17, 15) is 18.3 Å². The van der Waals surface area contributed by atoms with Crippen LogP contribution in [0.5, 0.6) is 0 Å². The third-order valence-corrected chi connectivity index (χ3v) is 4.93. The molecule has 0 aromatic heterocycles. The van der Waals surface area contributed by atoms with Crippen LogP contribution < -0.4 is 9.83 Å². The number of rotatable bonds is 4.